The number of anilines is 5. The van der Waals surface area contributed by atoms with Crippen LogP contribution in [0.25, 0.3) is 45.4 Å². The van der Waals surface area contributed by atoms with Gasteiger partial charge in [-0.25, -0.2) is 39.3 Å². The lowest BCUT2D eigenvalue weighted by atomic mass is 9.92. The van der Waals surface area contributed by atoms with Gasteiger partial charge < -0.3 is 57.1 Å². The second kappa shape index (κ2) is 27.5. The normalized spacial score (nSPS) is 14.8. The van der Waals surface area contributed by atoms with Gasteiger partial charge in [0, 0.05) is 133 Å². The first-order valence-electron chi connectivity index (χ1n) is 31.7. The van der Waals surface area contributed by atoms with Gasteiger partial charge in [0.15, 0.2) is 34.8 Å². The molecule has 1 aliphatic carbocycles. The van der Waals surface area contributed by atoms with E-state index in [0.717, 1.165) is 97.9 Å². The van der Waals surface area contributed by atoms with E-state index in [0.29, 0.717) is 40.2 Å². The molecule has 10 aromatic rings. The van der Waals surface area contributed by atoms with Crippen LogP contribution in [0, 0.1) is 6.92 Å². The number of nitrogens with zero attached hydrogens (tertiary/aromatic N) is 18. The summed E-state index contributed by atoms with van der Waals surface area (Å²) in [4.78, 5) is 65.8. The van der Waals surface area contributed by atoms with Crippen LogP contribution in [0.4, 0.5) is 28.8 Å². The molecule has 3 aliphatic heterocycles. The number of nitrogens with two attached hydrogens (primary N) is 3. The van der Waals surface area contributed by atoms with Gasteiger partial charge in [-0.05, 0) is 154 Å². The molecule has 2 amide bonds. The number of hydrogen-bond acceptors (Lipinski definition) is 21. The fraction of sp³-hybridized carbons (Fsp3) is 0.333. The van der Waals surface area contributed by atoms with Crippen molar-refractivity contribution in [1.82, 2.24) is 88.7 Å². The van der Waals surface area contributed by atoms with Crippen molar-refractivity contribution in [3.63, 3.8) is 0 Å². The Hall–Kier alpha value is -10.7. The van der Waals surface area contributed by atoms with Crippen LogP contribution in [0.3, 0.4) is 0 Å². The Labute approximate surface area is 552 Å². The first-order valence-corrected chi connectivity index (χ1v) is 31.7. The number of carbonyl (C=O) groups is 2. The summed E-state index contributed by atoms with van der Waals surface area (Å²) in [6, 6.07) is 17.5. The molecule has 1 fully saturated rings. The van der Waals surface area contributed by atoms with Gasteiger partial charge in [-0.1, -0.05) is 6.07 Å². The molecule has 95 heavy (non-hydrogen) atoms. The Morgan fingerprint density at radius 3 is 1.61 bits per heavy atom. The van der Waals surface area contributed by atoms with E-state index in [4.69, 9.17) is 31.9 Å². The minimum Gasteiger partial charge on any atom is -0.433 e. The van der Waals surface area contributed by atoms with Gasteiger partial charge in [-0.3, -0.25) is 19.3 Å². The summed E-state index contributed by atoms with van der Waals surface area (Å²) in [6.45, 7) is 10.1. The van der Waals surface area contributed by atoms with Gasteiger partial charge in [-0.2, -0.15) is 15.3 Å². The van der Waals surface area contributed by atoms with Crippen LogP contribution < -0.4 is 32.6 Å². The molecular formula is C69H81N23O3. The second-order valence-corrected chi connectivity index (χ2v) is 25.2. The van der Waals surface area contributed by atoms with Gasteiger partial charge in [0.25, 0.3) is 17.7 Å². The molecule has 490 valence electrons. The molecule has 0 spiro atoms. The van der Waals surface area contributed by atoms with E-state index in [1.54, 1.807) is 71.6 Å². The zero-order valence-electron chi connectivity index (χ0n) is 55.4. The van der Waals surface area contributed by atoms with E-state index >= 15 is 0 Å². The highest BCUT2D eigenvalue weighted by atomic mass is 16.5. The van der Waals surface area contributed by atoms with Gasteiger partial charge in [0.2, 0.25) is 0 Å². The van der Waals surface area contributed by atoms with Crippen molar-refractivity contribution in [2.24, 2.45) is 0 Å². The van der Waals surface area contributed by atoms with E-state index in [-0.39, 0.29) is 41.2 Å². The standard InChI is InChI=1S/C25H27N7O.C23H28N8O.C21H26N8O/c1-16-9-19(10-20-14-31(3)8-6-22(16)20)23-13-28-24(26)25(30-23)33-21-12-29-32(15-21)17(2)18-5-4-7-27-11-18;1-29(2)23(32)16-10-26-31(13-16)22-21(24)25-11-20(28-22)14-8-15-12-30(3)7-6-18(15)19(9-14)27-17-4-5-17;1-23-17-8-13(7-14-11-28(4)6-5-16(14)17)18-10-24-19(22)20(26-18)29-12-15(9-25-29)21(30)27(2)3/h4-5,7,9-13,15,17H,6,8,14H2,1-3H3,(H2,26,28);8-11,13,17,27H,4-7,12H2,1-3H3,(H2,24,25);7-10,12,23H,5-6,11H2,1-4H3,(H2,22,24). The first kappa shape index (κ1) is 64.4. The van der Waals surface area contributed by atoms with Crippen LogP contribution in [0.5, 0.6) is 11.6 Å². The van der Waals surface area contributed by atoms with Gasteiger partial charge in [0.1, 0.15) is 0 Å². The number of likely N-dealkylation sites (N-methyl/N-ethyl adjacent to an activating group) is 3. The van der Waals surface area contributed by atoms with Crippen LogP contribution in [0.2, 0.25) is 0 Å². The average Bonchev–Trinajstić information content (AvgIpc) is 1.28. The predicted molar refractivity (Wildman–Crippen MR) is 367 cm³/mol. The summed E-state index contributed by atoms with van der Waals surface area (Å²) in [7, 11) is 15.2. The van der Waals surface area contributed by atoms with Crippen molar-refractivity contribution in [3.8, 4) is 57.0 Å². The number of fused-ring (bicyclic) bond motifs is 3. The maximum absolute atomic E-state index is 12.3. The van der Waals surface area contributed by atoms with Crippen molar-refractivity contribution < 1.29 is 14.3 Å². The Morgan fingerprint density at radius 2 is 1.09 bits per heavy atom. The van der Waals surface area contributed by atoms with E-state index in [1.807, 2.05) is 36.3 Å². The summed E-state index contributed by atoms with van der Waals surface area (Å²) < 4.78 is 10.8. The number of nitrogens with one attached hydrogen (secondary N) is 2. The maximum Gasteiger partial charge on any atom is 0.263 e. The van der Waals surface area contributed by atoms with Crippen molar-refractivity contribution in [3.05, 3.63) is 172 Å². The number of nitrogen functional groups attached to an aromatic ring is 3. The molecule has 0 radical (unpaired) electrons. The number of aromatic nitrogens is 13. The number of pyridine rings is 1. The number of aryl methyl sites for hydroxylation is 1. The number of hydrogen-bond donors (Lipinski definition) is 5. The number of amides is 2. The van der Waals surface area contributed by atoms with Gasteiger partial charge in [-0.15, -0.1) is 0 Å². The molecular weight excluding hydrogens is 1200 g/mol. The third-order valence-corrected chi connectivity index (χ3v) is 17.5. The molecule has 26 heteroatoms. The summed E-state index contributed by atoms with van der Waals surface area (Å²) >= 11 is 0. The largest absolute Gasteiger partial charge is 0.433 e. The number of ether oxygens (including phenoxy) is 1. The zero-order chi connectivity index (χ0) is 66.8. The lowest BCUT2D eigenvalue weighted by Crippen LogP contribution is -2.27. The fourth-order valence-corrected chi connectivity index (χ4v) is 12.1. The monoisotopic (exact) mass is 1280 g/mol. The van der Waals surface area contributed by atoms with Crippen LogP contribution in [-0.2, 0) is 38.9 Å². The van der Waals surface area contributed by atoms with Crippen LogP contribution >= 0.6 is 0 Å². The lowest BCUT2D eigenvalue weighted by Gasteiger charge is -2.28. The lowest BCUT2D eigenvalue weighted by molar-refractivity contribution is 0.0820. The first-order chi connectivity index (χ1) is 45.7. The minimum atomic E-state index is -0.138. The number of rotatable bonds is 14. The highest BCUT2D eigenvalue weighted by Crippen LogP contribution is 2.37. The highest BCUT2D eigenvalue weighted by Gasteiger charge is 2.27. The molecule has 0 bridgehead atoms. The van der Waals surface area contributed by atoms with Crippen LogP contribution in [0.1, 0.15) is 91.0 Å². The maximum atomic E-state index is 12.3. The molecule has 1 unspecified atom stereocenters. The molecule has 26 nitrogen and oxygen atoms in total. The molecule has 0 saturated heterocycles. The molecule has 1 saturated carbocycles. The number of benzene rings is 3. The Kier molecular flexibility index (Phi) is 18.6. The molecule has 3 aromatic carbocycles. The topological polar surface area (TPSA) is 305 Å². The molecule has 7 aromatic heterocycles. The summed E-state index contributed by atoms with van der Waals surface area (Å²) in [5.74, 6) is 2.10. The van der Waals surface area contributed by atoms with E-state index in [9.17, 15) is 9.59 Å². The Morgan fingerprint density at radius 1 is 0.600 bits per heavy atom. The van der Waals surface area contributed by atoms with Crippen LogP contribution in [0.15, 0.2) is 117 Å². The predicted octanol–water partition coefficient (Wildman–Crippen LogP) is 7.83. The highest BCUT2D eigenvalue weighted by molar-refractivity contribution is 5.94. The van der Waals surface area contributed by atoms with Crippen LogP contribution in [-0.4, -0.2) is 183 Å². The summed E-state index contributed by atoms with van der Waals surface area (Å²) in [5.41, 5.74) is 37.1. The van der Waals surface area contributed by atoms with Crippen molar-refractivity contribution in [1.29, 1.82) is 0 Å². The smallest absolute Gasteiger partial charge is 0.263 e. The second-order valence-electron chi connectivity index (χ2n) is 25.2. The van der Waals surface area contributed by atoms with Crippen molar-refractivity contribution in [2.75, 3.05) is 104 Å². The molecule has 8 N–H and O–H groups in total. The SMILES string of the molecule is CN1CCc2c(cc(-c3cnc(N)c(-n4cc(C(=O)N(C)C)cn4)n3)cc2NC2CC2)C1.CNc1cc(-c2cnc(N)c(-n3cc(C(=O)N(C)C)cn3)n2)cc2c1CCN(C)C2.Cc1cc(-c2cnc(N)c(Oc3cnn(C(C)c4cccnc4)c3)n2)cc2c1CCN(C)C2. The third kappa shape index (κ3) is 14.4. The van der Waals surface area contributed by atoms with Gasteiger partial charge >= 0.3 is 0 Å². The summed E-state index contributed by atoms with van der Waals surface area (Å²) in [6.07, 6.45) is 24.0. The van der Waals surface area contributed by atoms with Gasteiger partial charge in [0.05, 0.1) is 77.6 Å². The Bertz CT molecular complexity index is 4460. The molecule has 10 heterocycles. The average molecular weight is 1280 g/mol. The van der Waals surface area contributed by atoms with Crippen molar-refractivity contribution in [2.45, 2.75) is 77.7 Å². The fourth-order valence-electron chi connectivity index (χ4n) is 12.1. The molecule has 14 rings (SSSR count). The molecule has 4 aliphatic rings. The van der Waals surface area contributed by atoms with Crippen molar-refractivity contribution >= 4 is 40.6 Å². The quantitative estimate of drug-likeness (QED) is 0.0692. The van der Waals surface area contributed by atoms with E-state index in [1.165, 1.54) is 89.0 Å². The Balaban J connectivity index is 0.000000137. The van der Waals surface area contributed by atoms with E-state index in [2.05, 4.69) is 137 Å². The molecule has 1 atom stereocenters. The third-order valence-electron chi connectivity index (χ3n) is 17.5. The van der Waals surface area contributed by atoms with E-state index < -0.39 is 0 Å². The summed E-state index contributed by atoms with van der Waals surface area (Å²) in [5, 5.41) is 20.0. The minimum absolute atomic E-state index is 0.0161. The zero-order valence-corrected chi connectivity index (χ0v) is 55.4. The number of carbonyl (C=O) groups excluding carboxylic acids is 2.